The van der Waals surface area contributed by atoms with E-state index in [0.29, 0.717) is 0 Å². The van der Waals surface area contributed by atoms with Gasteiger partial charge in [-0.1, -0.05) is 0 Å². The summed E-state index contributed by atoms with van der Waals surface area (Å²) >= 11 is 0. The van der Waals surface area contributed by atoms with Crippen LogP contribution in [0.15, 0.2) is 23.3 Å². The molecule has 1 fully saturated rings. The van der Waals surface area contributed by atoms with E-state index < -0.39 is 0 Å². The molecular weight excluding hydrogens is 128 g/mol. The maximum absolute atomic E-state index is 4.47. The Kier molecular flexibility index (Phi) is 3.64. The van der Waals surface area contributed by atoms with Crippen LogP contribution in [-0.4, -0.2) is 18.1 Å². The first-order valence-electron chi connectivity index (χ1n) is 3.53. The number of hydrogen-bond acceptors (Lipinski definition) is 3. The van der Waals surface area contributed by atoms with Crippen LogP contribution in [0.3, 0.4) is 0 Å². The Hall–Kier alpha value is -0.830. The topological polar surface area (TPSA) is 38.1 Å². The van der Waals surface area contributed by atoms with Gasteiger partial charge in [-0.05, 0) is 25.9 Å². The molecule has 0 atom stereocenters. The maximum Gasteiger partial charge on any atom is 0.180 e. The predicted octanol–water partition coefficient (Wildman–Crippen LogP) is 1.04. The Balaban J connectivity index is 0.0000001000. The third kappa shape index (κ3) is 3.25. The molecule has 0 aromatic carbocycles. The average Bonchev–Trinajstić information content (AvgIpc) is 2.67. The average molecular weight is 140 g/mol. The van der Waals surface area contributed by atoms with Crippen LogP contribution in [0.1, 0.15) is 12.8 Å². The van der Waals surface area contributed by atoms with Crippen molar-refractivity contribution in [2.75, 3.05) is 13.1 Å². The molecule has 1 aromatic rings. The monoisotopic (exact) mass is 140 g/mol. The van der Waals surface area contributed by atoms with Gasteiger partial charge in [-0.25, -0.2) is 4.98 Å². The number of aromatic nitrogens is 1. The number of hydrogen-bond donors (Lipinski definition) is 1. The van der Waals surface area contributed by atoms with E-state index in [2.05, 4.69) is 14.7 Å². The van der Waals surface area contributed by atoms with Gasteiger partial charge in [0.25, 0.3) is 0 Å². The highest BCUT2D eigenvalue weighted by Crippen LogP contribution is 1.90. The second-order valence-corrected chi connectivity index (χ2v) is 2.13. The lowest BCUT2D eigenvalue weighted by atomic mass is 10.4. The van der Waals surface area contributed by atoms with E-state index in [4.69, 9.17) is 0 Å². The van der Waals surface area contributed by atoms with Crippen LogP contribution in [0, 0.1) is 0 Å². The van der Waals surface area contributed by atoms with E-state index >= 15 is 0 Å². The van der Waals surface area contributed by atoms with Crippen LogP contribution >= 0.6 is 0 Å². The largest absolute Gasteiger partial charge is 0.452 e. The van der Waals surface area contributed by atoms with Crippen molar-refractivity contribution in [2.24, 2.45) is 0 Å². The maximum atomic E-state index is 4.47. The Morgan fingerprint density at radius 1 is 1.30 bits per heavy atom. The minimum Gasteiger partial charge on any atom is -0.452 e. The third-order valence-electron chi connectivity index (χ3n) is 1.30. The lowest BCUT2D eigenvalue weighted by molar-refractivity contribution is 0.558. The first kappa shape index (κ1) is 7.28. The first-order chi connectivity index (χ1) is 5.00. The van der Waals surface area contributed by atoms with Gasteiger partial charge >= 0.3 is 0 Å². The van der Waals surface area contributed by atoms with Crippen molar-refractivity contribution in [3.63, 3.8) is 0 Å². The molecule has 2 heterocycles. The summed E-state index contributed by atoms with van der Waals surface area (Å²) in [5.74, 6) is 0. The number of oxazole rings is 1. The van der Waals surface area contributed by atoms with Crippen LogP contribution < -0.4 is 5.32 Å². The van der Waals surface area contributed by atoms with Crippen molar-refractivity contribution in [1.82, 2.24) is 10.3 Å². The molecule has 0 aliphatic carbocycles. The van der Waals surface area contributed by atoms with E-state index in [1.807, 2.05) is 0 Å². The van der Waals surface area contributed by atoms with Crippen LogP contribution in [0.5, 0.6) is 0 Å². The fourth-order valence-corrected chi connectivity index (χ4v) is 0.801. The highest BCUT2D eigenvalue weighted by molar-refractivity contribution is 4.56. The summed E-state index contributed by atoms with van der Waals surface area (Å²) in [4.78, 5) is 3.56. The summed E-state index contributed by atoms with van der Waals surface area (Å²) in [6, 6.07) is 0. The number of nitrogens with zero attached hydrogens (tertiary/aromatic N) is 1. The lowest BCUT2D eigenvalue weighted by Gasteiger charge is -1.76. The molecule has 10 heavy (non-hydrogen) atoms. The Labute approximate surface area is 60.5 Å². The quantitative estimate of drug-likeness (QED) is 0.585. The molecule has 3 nitrogen and oxygen atoms in total. The molecule has 1 aliphatic rings. The molecule has 56 valence electrons. The second kappa shape index (κ2) is 4.99. The van der Waals surface area contributed by atoms with E-state index in [1.165, 1.54) is 38.6 Å². The van der Waals surface area contributed by atoms with Gasteiger partial charge in [0.2, 0.25) is 0 Å². The smallest absolute Gasteiger partial charge is 0.180 e. The highest BCUT2D eigenvalue weighted by Gasteiger charge is 1.93. The predicted molar refractivity (Wildman–Crippen MR) is 38.6 cm³/mol. The zero-order chi connectivity index (χ0) is 7.07. The van der Waals surface area contributed by atoms with Crippen molar-refractivity contribution in [2.45, 2.75) is 12.8 Å². The molecule has 0 unspecified atom stereocenters. The van der Waals surface area contributed by atoms with Crippen LogP contribution in [0.4, 0.5) is 0 Å². The van der Waals surface area contributed by atoms with Crippen molar-refractivity contribution in [1.29, 1.82) is 0 Å². The number of rotatable bonds is 0. The molecule has 1 N–H and O–H groups in total. The summed E-state index contributed by atoms with van der Waals surface area (Å²) in [5, 5.41) is 3.22. The van der Waals surface area contributed by atoms with E-state index in [-0.39, 0.29) is 0 Å². The molecule has 0 bridgehead atoms. The third-order valence-corrected chi connectivity index (χ3v) is 1.30. The minimum atomic E-state index is 1.25. The normalized spacial score (nSPS) is 16.0. The van der Waals surface area contributed by atoms with Crippen LogP contribution in [0.2, 0.25) is 0 Å². The Bertz CT molecular complexity index is 110. The van der Waals surface area contributed by atoms with Gasteiger partial charge in [-0.3, -0.25) is 0 Å². The van der Waals surface area contributed by atoms with Crippen molar-refractivity contribution in [3.8, 4) is 0 Å². The zero-order valence-corrected chi connectivity index (χ0v) is 5.92. The summed E-state index contributed by atoms with van der Waals surface area (Å²) in [6.07, 6.45) is 7.25. The molecule has 2 rings (SSSR count). The molecule has 0 radical (unpaired) electrons. The van der Waals surface area contributed by atoms with Gasteiger partial charge in [0.15, 0.2) is 6.39 Å². The molecule has 1 aromatic heterocycles. The molecule has 3 heteroatoms. The molecule has 0 spiro atoms. The van der Waals surface area contributed by atoms with Gasteiger partial charge in [0.05, 0.1) is 6.20 Å². The minimum absolute atomic E-state index is 1.25. The Morgan fingerprint density at radius 3 is 2.30 bits per heavy atom. The molecule has 0 saturated carbocycles. The fourth-order valence-electron chi connectivity index (χ4n) is 0.801. The summed E-state index contributed by atoms with van der Waals surface area (Å²) in [5.41, 5.74) is 0. The number of nitrogens with one attached hydrogen (secondary N) is 1. The van der Waals surface area contributed by atoms with E-state index in [1.54, 1.807) is 6.20 Å². The molecule has 1 aliphatic heterocycles. The first-order valence-corrected chi connectivity index (χ1v) is 3.53. The van der Waals surface area contributed by atoms with Gasteiger partial charge < -0.3 is 9.73 Å². The van der Waals surface area contributed by atoms with Crippen molar-refractivity contribution >= 4 is 0 Å². The summed E-state index contributed by atoms with van der Waals surface area (Å²) in [7, 11) is 0. The van der Waals surface area contributed by atoms with Gasteiger partial charge in [-0.15, -0.1) is 0 Å². The zero-order valence-electron chi connectivity index (χ0n) is 5.92. The molecule has 1 saturated heterocycles. The van der Waals surface area contributed by atoms with E-state index in [0.717, 1.165) is 0 Å². The summed E-state index contributed by atoms with van der Waals surface area (Å²) in [6.45, 7) is 2.50. The van der Waals surface area contributed by atoms with Crippen LogP contribution in [0.25, 0.3) is 0 Å². The molecule has 0 amide bonds. The molecular formula is C7H12N2O. The summed E-state index contributed by atoms with van der Waals surface area (Å²) < 4.78 is 4.47. The van der Waals surface area contributed by atoms with E-state index in [9.17, 15) is 0 Å². The lowest BCUT2D eigenvalue weighted by Crippen LogP contribution is -2.03. The fraction of sp³-hybridized carbons (Fsp3) is 0.571. The SMILES string of the molecule is C1CCNC1.c1cocn1. The Morgan fingerprint density at radius 2 is 2.10 bits per heavy atom. The van der Waals surface area contributed by atoms with Gasteiger partial charge in [0, 0.05) is 0 Å². The highest BCUT2D eigenvalue weighted by atomic mass is 16.3. The standard InChI is InChI=1S/C4H9N.C3H3NO/c1-2-4-5-3-1;1-2-5-3-4-1/h5H,1-4H2;1-3H. The van der Waals surface area contributed by atoms with Crippen molar-refractivity contribution in [3.05, 3.63) is 18.9 Å². The van der Waals surface area contributed by atoms with Gasteiger partial charge in [-0.2, -0.15) is 0 Å². The van der Waals surface area contributed by atoms with Crippen LogP contribution in [-0.2, 0) is 0 Å². The second-order valence-electron chi connectivity index (χ2n) is 2.13. The van der Waals surface area contributed by atoms with Crippen molar-refractivity contribution < 1.29 is 4.42 Å². The van der Waals surface area contributed by atoms with Gasteiger partial charge in [0.1, 0.15) is 6.26 Å².